The Morgan fingerprint density at radius 3 is 2.62 bits per heavy atom. The SMILES string of the molecule is COc1cccc(/C=N\NC(=O)c2cccc([N+](=O)[O-])c2)c1OC. The van der Waals surface area contributed by atoms with Crippen molar-refractivity contribution in [3.8, 4) is 11.5 Å². The summed E-state index contributed by atoms with van der Waals surface area (Å²) < 4.78 is 10.4. The van der Waals surface area contributed by atoms with E-state index in [1.165, 1.54) is 44.7 Å². The van der Waals surface area contributed by atoms with Crippen molar-refractivity contribution >= 4 is 17.8 Å². The van der Waals surface area contributed by atoms with Gasteiger partial charge < -0.3 is 9.47 Å². The van der Waals surface area contributed by atoms with Gasteiger partial charge in [0.2, 0.25) is 0 Å². The highest BCUT2D eigenvalue weighted by Gasteiger charge is 2.11. The fourth-order valence-electron chi connectivity index (χ4n) is 2.00. The van der Waals surface area contributed by atoms with Gasteiger partial charge in [-0.05, 0) is 18.2 Å². The van der Waals surface area contributed by atoms with E-state index in [1.807, 2.05) is 0 Å². The molecule has 0 bridgehead atoms. The maximum atomic E-state index is 12.0. The number of hydrazone groups is 1. The number of benzene rings is 2. The molecule has 2 rings (SSSR count). The van der Waals surface area contributed by atoms with Crippen LogP contribution in [-0.2, 0) is 0 Å². The summed E-state index contributed by atoms with van der Waals surface area (Å²) in [6.07, 6.45) is 1.40. The van der Waals surface area contributed by atoms with Crippen molar-refractivity contribution in [2.24, 2.45) is 5.10 Å². The van der Waals surface area contributed by atoms with Gasteiger partial charge in [-0.2, -0.15) is 5.10 Å². The number of hydrogen-bond acceptors (Lipinski definition) is 6. The average Bonchev–Trinajstić information content (AvgIpc) is 2.61. The lowest BCUT2D eigenvalue weighted by molar-refractivity contribution is -0.384. The highest BCUT2D eigenvalue weighted by molar-refractivity contribution is 5.95. The molecule has 0 saturated heterocycles. The van der Waals surface area contributed by atoms with Crippen molar-refractivity contribution in [1.29, 1.82) is 0 Å². The van der Waals surface area contributed by atoms with Gasteiger partial charge in [0.15, 0.2) is 11.5 Å². The lowest BCUT2D eigenvalue weighted by Gasteiger charge is -2.09. The van der Waals surface area contributed by atoms with Crippen LogP contribution < -0.4 is 14.9 Å². The fourth-order valence-corrected chi connectivity index (χ4v) is 2.00. The molecule has 0 aliphatic carbocycles. The number of carbonyl (C=O) groups is 1. The number of non-ortho nitro benzene ring substituents is 1. The Morgan fingerprint density at radius 2 is 1.96 bits per heavy atom. The Labute approximate surface area is 137 Å². The number of ether oxygens (including phenoxy) is 2. The number of rotatable bonds is 6. The lowest BCUT2D eigenvalue weighted by atomic mass is 10.2. The van der Waals surface area contributed by atoms with Gasteiger partial charge in [-0.3, -0.25) is 14.9 Å². The zero-order valence-electron chi connectivity index (χ0n) is 13.1. The summed E-state index contributed by atoms with van der Waals surface area (Å²) in [7, 11) is 3.01. The maximum Gasteiger partial charge on any atom is 0.271 e. The summed E-state index contributed by atoms with van der Waals surface area (Å²) in [5, 5.41) is 14.6. The minimum absolute atomic E-state index is 0.138. The molecule has 0 unspecified atom stereocenters. The smallest absolute Gasteiger partial charge is 0.271 e. The van der Waals surface area contributed by atoms with Gasteiger partial charge in [-0.1, -0.05) is 12.1 Å². The minimum Gasteiger partial charge on any atom is -0.493 e. The van der Waals surface area contributed by atoms with Crippen LogP contribution in [0.3, 0.4) is 0 Å². The van der Waals surface area contributed by atoms with Crippen LogP contribution >= 0.6 is 0 Å². The summed E-state index contributed by atoms with van der Waals surface area (Å²) >= 11 is 0. The van der Waals surface area contributed by atoms with E-state index in [2.05, 4.69) is 10.5 Å². The zero-order valence-corrected chi connectivity index (χ0v) is 13.1. The molecule has 0 aliphatic rings. The van der Waals surface area contributed by atoms with Crippen molar-refractivity contribution in [1.82, 2.24) is 5.43 Å². The van der Waals surface area contributed by atoms with Crippen molar-refractivity contribution < 1.29 is 19.2 Å². The van der Waals surface area contributed by atoms with Crippen LogP contribution in [0.5, 0.6) is 11.5 Å². The maximum absolute atomic E-state index is 12.0. The predicted octanol–water partition coefficient (Wildman–Crippen LogP) is 2.38. The van der Waals surface area contributed by atoms with Crippen molar-refractivity contribution in [2.75, 3.05) is 14.2 Å². The molecular weight excluding hydrogens is 314 g/mol. The standard InChI is InChI=1S/C16H15N3O5/c1-23-14-8-4-6-12(15(14)24-2)10-17-18-16(20)11-5-3-7-13(9-11)19(21)22/h3-10H,1-2H3,(H,18,20)/b17-10-. The molecule has 2 aromatic rings. The highest BCUT2D eigenvalue weighted by atomic mass is 16.6. The van der Waals surface area contributed by atoms with Gasteiger partial charge in [-0.15, -0.1) is 0 Å². The van der Waals surface area contributed by atoms with Crippen LogP contribution in [0.25, 0.3) is 0 Å². The number of nitrogens with zero attached hydrogens (tertiary/aromatic N) is 2. The van der Waals surface area contributed by atoms with E-state index in [-0.39, 0.29) is 11.3 Å². The molecule has 2 aromatic carbocycles. The van der Waals surface area contributed by atoms with E-state index in [0.717, 1.165) is 0 Å². The topological polar surface area (TPSA) is 103 Å². The molecule has 0 spiro atoms. The first-order valence-corrected chi connectivity index (χ1v) is 6.85. The fraction of sp³-hybridized carbons (Fsp3) is 0.125. The minimum atomic E-state index is -0.568. The predicted molar refractivity (Wildman–Crippen MR) is 87.7 cm³/mol. The second-order valence-corrected chi connectivity index (χ2v) is 4.59. The first-order valence-electron chi connectivity index (χ1n) is 6.85. The number of nitro benzene ring substituents is 1. The molecule has 0 fully saturated rings. The number of para-hydroxylation sites is 1. The third-order valence-electron chi connectivity index (χ3n) is 3.12. The molecule has 1 amide bonds. The van der Waals surface area contributed by atoms with Crippen molar-refractivity contribution in [3.05, 3.63) is 63.7 Å². The van der Waals surface area contributed by atoms with Crippen LogP contribution in [0.15, 0.2) is 47.6 Å². The van der Waals surface area contributed by atoms with E-state index in [0.29, 0.717) is 17.1 Å². The quantitative estimate of drug-likeness (QED) is 0.498. The molecular formula is C16H15N3O5. The largest absolute Gasteiger partial charge is 0.493 e. The van der Waals surface area contributed by atoms with Gasteiger partial charge in [0.1, 0.15) is 0 Å². The third kappa shape index (κ3) is 3.86. The van der Waals surface area contributed by atoms with E-state index in [4.69, 9.17) is 9.47 Å². The van der Waals surface area contributed by atoms with Gasteiger partial charge in [0.25, 0.3) is 11.6 Å². The first kappa shape index (κ1) is 16.9. The first-order chi connectivity index (χ1) is 11.6. The molecule has 0 saturated carbocycles. The second-order valence-electron chi connectivity index (χ2n) is 4.59. The van der Waals surface area contributed by atoms with Crippen LogP contribution in [0.4, 0.5) is 5.69 Å². The van der Waals surface area contributed by atoms with Gasteiger partial charge in [0.05, 0.1) is 25.4 Å². The van der Waals surface area contributed by atoms with Crippen LogP contribution in [-0.4, -0.2) is 31.3 Å². The molecule has 124 valence electrons. The monoisotopic (exact) mass is 329 g/mol. The van der Waals surface area contributed by atoms with Crippen molar-refractivity contribution in [2.45, 2.75) is 0 Å². The Hall–Kier alpha value is -3.42. The number of amides is 1. The number of methoxy groups -OCH3 is 2. The molecule has 0 heterocycles. The number of carbonyl (C=O) groups excluding carboxylic acids is 1. The molecule has 8 nitrogen and oxygen atoms in total. The molecule has 0 aromatic heterocycles. The van der Waals surface area contributed by atoms with Gasteiger partial charge >= 0.3 is 0 Å². The lowest BCUT2D eigenvalue weighted by Crippen LogP contribution is -2.17. The Morgan fingerprint density at radius 1 is 1.21 bits per heavy atom. The zero-order chi connectivity index (χ0) is 17.5. The summed E-state index contributed by atoms with van der Waals surface area (Å²) in [5.74, 6) is 0.455. The van der Waals surface area contributed by atoms with E-state index in [9.17, 15) is 14.9 Å². The molecule has 1 N–H and O–H groups in total. The average molecular weight is 329 g/mol. The molecule has 0 radical (unpaired) electrons. The Kier molecular flexibility index (Phi) is 5.45. The Bertz CT molecular complexity index is 789. The summed E-state index contributed by atoms with van der Waals surface area (Å²) in [6, 6.07) is 10.6. The number of hydrogen-bond donors (Lipinski definition) is 1. The number of nitrogens with one attached hydrogen (secondary N) is 1. The number of nitro groups is 1. The van der Waals surface area contributed by atoms with E-state index >= 15 is 0 Å². The van der Waals surface area contributed by atoms with E-state index < -0.39 is 10.8 Å². The normalized spacial score (nSPS) is 10.4. The van der Waals surface area contributed by atoms with Crippen LogP contribution in [0.2, 0.25) is 0 Å². The summed E-state index contributed by atoms with van der Waals surface area (Å²) in [5.41, 5.74) is 2.89. The van der Waals surface area contributed by atoms with Crippen LogP contribution in [0, 0.1) is 10.1 Å². The highest BCUT2D eigenvalue weighted by Crippen LogP contribution is 2.29. The summed E-state index contributed by atoms with van der Waals surface area (Å²) in [4.78, 5) is 22.1. The van der Waals surface area contributed by atoms with Crippen molar-refractivity contribution in [3.63, 3.8) is 0 Å². The summed E-state index contributed by atoms with van der Waals surface area (Å²) in [6.45, 7) is 0. The molecule has 8 heteroatoms. The Balaban J connectivity index is 2.13. The van der Waals surface area contributed by atoms with Gasteiger partial charge in [-0.25, -0.2) is 5.43 Å². The molecule has 0 aliphatic heterocycles. The third-order valence-corrected chi connectivity index (χ3v) is 3.12. The van der Waals surface area contributed by atoms with Gasteiger partial charge in [0, 0.05) is 23.3 Å². The van der Waals surface area contributed by atoms with E-state index in [1.54, 1.807) is 18.2 Å². The molecule has 24 heavy (non-hydrogen) atoms. The molecule has 0 atom stereocenters. The second kappa shape index (κ2) is 7.73. The van der Waals surface area contributed by atoms with Crippen LogP contribution in [0.1, 0.15) is 15.9 Å².